The number of rotatable bonds is 4. The third-order valence-electron chi connectivity index (χ3n) is 3.25. The number of anilines is 2. The lowest BCUT2D eigenvalue weighted by atomic mass is 10.2. The van der Waals surface area contributed by atoms with Gasteiger partial charge in [0.1, 0.15) is 10.7 Å². The van der Waals surface area contributed by atoms with E-state index >= 15 is 0 Å². The van der Waals surface area contributed by atoms with Gasteiger partial charge in [0.2, 0.25) is 0 Å². The molecule has 0 saturated heterocycles. The molecule has 1 amide bonds. The van der Waals surface area contributed by atoms with E-state index < -0.39 is 19.9 Å². The predicted molar refractivity (Wildman–Crippen MR) is 91.0 cm³/mol. The van der Waals surface area contributed by atoms with Crippen molar-refractivity contribution in [2.75, 3.05) is 19.4 Å². The first-order chi connectivity index (χ1) is 13.9. The molecule has 0 aliphatic carbocycles. The fraction of sp³-hybridized carbons (Fsp3) is 0.200. The highest BCUT2D eigenvalue weighted by molar-refractivity contribution is 6.29. The van der Waals surface area contributed by atoms with Crippen molar-refractivity contribution < 1.29 is 17.8 Å². The van der Waals surface area contributed by atoms with E-state index in [0.717, 1.165) is 10.9 Å². The maximum atomic E-state index is 12.4. The Balaban J connectivity index is 2.11. The van der Waals surface area contributed by atoms with E-state index in [9.17, 15) is 4.79 Å². The first-order valence-electron chi connectivity index (χ1n) is 9.57. The van der Waals surface area contributed by atoms with Crippen LogP contribution in [0.25, 0.3) is 10.9 Å². The SMILES string of the molecule is [2H]C([2H])([2H])NC(=O)c1cnc(Cl)cc1Nc1ncc2cnn(C([2H])([2H])[2H])c2c1OC. The number of carbonyl (C=O) groups excluding carboxylic acids is 1. The Kier molecular flexibility index (Phi) is 2.66. The van der Waals surface area contributed by atoms with Crippen LogP contribution in [-0.4, -0.2) is 39.7 Å². The van der Waals surface area contributed by atoms with Gasteiger partial charge in [0.15, 0.2) is 11.6 Å². The van der Waals surface area contributed by atoms with Crippen LogP contribution in [0.15, 0.2) is 24.7 Å². The molecule has 0 aliphatic heterocycles. The molecule has 0 fully saturated rings. The second-order valence-electron chi connectivity index (χ2n) is 4.63. The van der Waals surface area contributed by atoms with Crippen LogP contribution in [0.5, 0.6) is 5.75 Å². The molecule has 0 aromatic carbocycles. The van der Waals surface area contributed by atoms with Crippen molar-refractivity contribution in [1.29, 1.82) is 0 Å². The number of halogens is 1. The van der Waals surface area contributed by atoms with Gasteiger partial charge in [0.05, 0.1) is 24.6 Å². The highest BCUT2D eigenvalue weighted by atomic mass is 35.5. The molecular formula is C15H15ClN6O2. The van der Waals surface area contributed by atoms with Gasteiger partial charge < -0.3 is 15.4 Å². The lowest BCUT2D eigenvalue weighted by Gasteiger charge is -2.14. The van der Waals surface area contributed by atoms with Crippen molar-refractivity contribution in [2.24, 2.45) is 6.98 Å². The van der Waals surface area contributed by atoms with Gasteiger partial charge in [-0.2, -0.15) is 5.10 Å². The molecule has 0 aliphatic rings. The van der Waals surface area contributed by atoms with Crippen LogP contribution in [0, 0.1) is 0 Å². The number of aryl methyl sites for hydroxylation is 1. The van der Waals surface area contributed by atoms with Crippen LogP contribution >= 0.6 is 11.6 Å². The number of fused-ring (bicyclic) bond motifs is 1. The summed E-state index contributed by atoms with van der Waals surface area (Å²) in [5, 5.41) is 9.01. The number of nitrogens with one attached hydrogen (secondary N) is 2. The lowest BCUT2D eigenvalue weighted by Crippen LogP contribution is -2.19. The molecule has 124 valence electrons. The summed E-state index contributed by atoms with van der Waals surface area (Å²) in [5.74, 6) is -0.813. The van der Waals surface area contributed by atoms with E-state index in [1.807, 2.05) is 5.32 Å². The van der Waals surface area contributed by atoms with Crippen LogP contribution in [-0.2, 0) is 6.98 Å². The molecule has 3 rings (SSSR count). The second kappa shape index (κ2) is 6.32. The molecule has 8 nitrogen and oxygen atoms in total. The van der Waals surface area contributed by atoms with Crippen molar-refractivity contribution in [1.82, 2.24) is 25.1 Å². The Hall–Kier alpha value is -2.87. The fourth-order valence-corrected chi connectivity index (χ4v) is 2.34. The van der Waals surface area contributed by atoms with Gasteiger partial charge in [-0.25, -0.2) is 9.97 Å². The standard InChI is InChI=1S/C15H15ClN6O2/c1-17-15(23)9-7-18-11(16)4-10(9)21-14-13(24-3)12-8(5-19-14)6-20-22(12)2/h4-7H,1-3H3,(H,17,23)(H,18,19,21)/i1D3,2D3. The Bertz CT molecular complexity index is 1110. The van der Waals surface area contributed by atoms with Crippen LogP contribution < -0.4 is 15.4 Å². The smallest absolute Gasteiger partial charge is 0.254 e. The topological polar surface area (TPSA) is 94.0 Å². The Morgan fingerprint density at radius 1 is 1.38 bits per heavy atom. The molecular weight excluding hydrogens is 332 g/mol. The number of aromatic nitrogens is 4. The summed E-state index contributed by atoms with van der Waals surface area (Å²) in [7, 11) is 1.32. The molecule has 24 heavy (non-hydrogen) atoms. The first kappa shape index (κ1) is 10.1. The van der Waals surface area contributed by atoms with E-state index in [2.05, 4.69) is 20.4 Å². The number of carbonyl (C=O) groups is 1. The second-order valence-corrected chi connectivity index (χ2v) is 5.02. The van der Waals surface area contributed by atoms with Crippen molar-refractivity contribution in [2.45, 2.75) is 0 Å². The first-order valence-corrected chi connectivity index (χ1v) is 6.95. The molecule has 0 radical (unpaired) electrons. The normalized spacial score (nSPS) is 15.4. The molecule has 0 atom stereocenters. The van der Waals surface area contributed by atoms with Crippen LogP contribution in [0.4, 0.5) is 11.5 Å². The molecule has 0 bridgehead atoms. The highest BCUT2D eigenvalue weighted by Crippen LogP contribution is 2.34. The maximum Gasteiger partial charge on any atom is 0.254 e. The molecule has 2 N–H and O–H groups in total. The monoisotopic (exact) mass is 352 g/mol. The zero-order valence-corrected chi connectivity index (χ0v) is 13.0. The van der Waals surface area contributed by atoms with Crippen LogP contribution in [0.2, 0.25) is 5.15 Å². The lowest BCUT2D eigenvalue weighted by molar-refractivity contribution is 0.0963. The van der Waals surface area contributed by atoms with Gasteiger partial charge in [0.25, 0.3) is 5.91 Å². The summed E-state index contributed by atoms with van der Waals surface area (Å²) in [6, 6.07) is 1.29. The van der Waals surface area contributed by atoms with Gasteiger partial charge in [-0.3, -0.25) is 9.48 Å². The quantitative estimate of drug-likeness (QED) is 0.698. The third-order valence-corrected chi connectivity index (χ3v) is 3.45. The largest absolute Gasteiger partial charge is 0.491 e. The zero-order chi connectivity index (χ0) is 22.3. The van der Waals surface area contributed by atoms with Crippen LogP contribution in [0.1, 0.15) is 18.6 Å². The average Bonchev–Trinajstić information content (AvgIpc) is 3.04. The Labute approximate surface area is 151 Å². The summed E-state index contributed by atoms with van der Waals surface area (Å²) in [4.78, 5) is 20.4. The molecule has 3 aromatic heterocycles. The minimum Gasteiger partial charge on any atom is -0.491 e. The van der Waals surface area contributed by atoms with Gasteiger partial charge >= 0.3 is 0 Å². The van der Waals surface area contributed by atoms with E-state index in [1.165, 1.54) is 25.6 Å². The summed E-state index contributed by atoms with van der Waals surface area (Å²) < 4.78 is 50.7. The number of amides is 1. The van der Waals surface area contributed by atoms with Crippen molar-refractivity contribution in [3.63, 3.8) is 0 Å². The summed E-state index contributed by atoms with van der Waals surface area (Å²) in [5.41, 5.74) is 0.120. The van der Waals surface area contributed by atoms with Gasteiger partial charge in [-0.05, 0) is 6.07 Å². The maximum absolute atomic E-state index is 12.4. The number of ether oxygens (including phenoxy) is 1. The van der Waals surface area contributed by atoms with Gasteiger partial charge in [0, 0.05) is 40.0 Å². The predicted octanol–water partition coefficient (Wildman–Crippen LogP) is 2.13. The Morgan fingerprint density at radius 2 is 2.25 bits per heavy atom. The van der Waals surface area contributed by atoms with Crippen molar-refractivity contribution in [3.05, 3.63) is 35.4 Å². The van der Waals surface area contributed by atoms with E-state index in [0.29, 0.717) is 5.39 Å². The highest BCUT2D eigenvalue weighted by Gasteiger charge is 2.17. The number of methoxy groups -OCH3 is 1. The molecule has 0 spiro atoms. The fourth-order valence-electron chi connectivity index (χ4n) is 2.18. The summed E-state index contributed by atoms with van der Waals surface area (Å²) >= 11 is 5.92. The molecule has 3 aromatic rings. The molecule has 0 saturated carbocycles. The van der Waals surface area contributed by atoms with Gasteiger partial charge in [-0.1, -0.05) is 11.6 Å². The van der Waals surface area contributed by atoms with E-state index in [1.54, 1.807) is 0 Å². The minimum absolute atomic E-state index is 0.0236. The molecule has 9 heteroatoms. The summed E-state index contributed by atoms with van der Waals surface area (Å²) in [6.07, 6.45) is 3.81. The van der Waals surface area contributed by atoms with E-state index in [4.69, 9.17) is 24.6 Å². The van der Waals surface area contributed by atoms with Crippen molar-refractivity contribution in [3.8, 4) is 5.75 Å². The average molecular weight is 353 g/mol. The third kappa shape index (κ3) is 2.71. The number of hydrogen-bond acceptors (Lipinski definition) is 6. The molecule has 3 heterocycles. The van der Waals surface area contributed by atoms with Crippen LogP contribution in [0.3, 0.4) is 0 Å². The number of pyridine rings is 2. The van der Waals surface area contributed by atoms with E-state index in [-0.39, 0.29) is 33.5 Å². The minimum atomic E-state index is -2.71. The zero-order valence-electron chi connectivity index (χ0n) is 18.3. The Morgan fingerprint density at radius 3 is 3.00 bits per heavy atom. The summed E-state index contributed by atoms with van der Waals surface area (Å²) in [6.45, 7) is -5.28. The van der Waals surface area contributed by atoms with Crippen molar-refractivity contribution >= 4 is 39.9 Å². The molecule has 0 unspecified atom stereocenters. The van der Waals surface area contributed by atoms with Gasteiger partial charge in [-0.15, -0.1) is 0 Å². The number of hydrogen-bond donors (Lipinski definition) is 2. The number of nitrogens with zero attached hydrogens (tertiary/aromatic N) is 4.